The first kappa shape index (κ1) is 16.1. The number of carbonyl (C=O) groups excluding carboxylic acids is 1. The van der Waals surface area contributed by atoms with Gasteiger partial charge >= 0.3 is 0 Å². The lowest BCUT2D eigenvalue weighted by atomic mass is 9.77. The molecule has 1 aromatic rings. The fourth-order valence-corrected chi connectivity index (χ4v) is 3.28. The fraction of sp³-hybridized carbons (Fsp3) is 0.632. The van der Waals surface area contributed by atoms with E-state index in [0.29, 0.717) is 11.8 Å². The molecule has 0 aromatic heterocycles. The summed E-state index contributed by atoms with van der Waals surface area (Å²) in [6.45, 7) is 11.3. The third-order valence-corrected chi connectivity index (χ3v) is 4.83. The highest BCUT2D eigenvalue weighted by molar-refractivity contribution is 5.96. The summed E-state index contributed by atoms with van der Waals surface area (Å²) in [6, 6.07) is 8.18. The molecule has 0 saturated carbocycles. The van der Waals surface area contributed by atoms with Crippen molar-refractivity contribution in [1.29, 1.82) is 0 Å². The van der Waals surface area contributed by atoms with Crippen LogP contribution >= 0.6 is 0 Å². The Bertz CT molecular complexity index is 469. The molecule has 1 unspecified atom stereocenters. The van der Waals surface area contributed by atoms with E-state index in [-0.39, 0.29) is 5.78 Å². The van der Waals surface area contributed by atoms with Gasteiger partial charge < -0.3 is 4.90 Å². The maximum atomic E-state index is 11.7. The van der Waals surface area contributed by atoms with Crippen molar-refractivity contribution < 1.29 is 4.79 Å². The zero-order valence-corrected chi connectivity index (χ0v) is 14.0. The summed E-state index contributed by atoms with van der Waals surface area (Å²) >= 11 is 0. The van der Waals surface area contributed by atoms with Crippen molar-refractivity contribution in [2.45, 2.75) is 53.4 Å². The second-order valence-electron chi connectivity index (χ2n) is 7.30. The Hall–Kier alpha value is -1.31. The van der Waals surface area contributed by atoms with Crippen LogP contribution in [0.4, 0.5) is 5.69 Å². The van der Waals surface area contributed by atoms with Crippen LogP contribution in [0.1, 0.15) is 63.7 Å². The van der Waals surface area contributed by atoms with Gasteiger partial charge in [-0.25, -0.2) is 0 Å². The molecule has 1 fully saturated rings. The van der Waals surface area contributed by atoms with E-state index in [1.165, 1.54) is 24.9 Å². The largest absolute Gasteiger partial charge is 0.372 e. The first-order chi connectivity index (χ1) is 9.91. The number of nitrogens with zero attached hydrogens (tertiary/aromatic N) is 1. The maximum absolute atomic E-state index is 11.7. The van der Waals surface area contributed by atoms with Gasteiger partial charge in [-0.05, 0) is 54.9 Å². The zero-order chi connectivity index (χ0) is 15.5. The van der Waals surface area contributed by atoms with Gasteiger partial charge in [0.05, 0.1) is 0 Å². The van der Waals surface area contributed by atoms with Crippen LogP contribution in [0.2, 0.25) is 0 Å². The number of anilines is 1. The van der Waals surface area contributed by atoms with E-state index in [1.807, 2.05) is 19.1 Å². The molecular formula is C19H29NO. The third kappa shape index (κ3) is 4.09. The molecule has 1 saturated heterocycles. The van der Waals surface area contributed by atoms with Crippen molar-refractivity contribution in [3.63, 3.8) is 0 Å². The average molecular weight is 287 g/mol. The number of ketones is 1. The first-order valence-corrected chi connectivity index (χ1v) is 8.30. The molecule has 2 heteroatoms. The summed E-state index contributed by atoms with van der Waals surface area (Å²) in [5.74, 6) is 1.04. The molecular weight excluding hydrogens is 258 g/mol. The summed E-state index contributed by atoms with van der Waals surface area (Å²) in [5, 5.41) is 0. The molecule has 0 bridgehead atoms. The van der Waals surface area contributed by atoms with Crippen LogP contribution in [-0.4, -0.2) is 18.9 Å². The molecule has 1 aliphatic heterocycles. The second-order valence-corrected chi connectivity index (χ2v) is 7.30. The Labute approximate surface area is 129 Å². The van der Waals surface area contributed by atoms with Crippen LogP contribution < -0.4 is 4.90 Å². The van der Waals surface area contributed by atoms with Crippen molar-refractivity contribution in [2.24, 2.45) is 11.3 Å². The van der Waals surface area contributed by atoms with E-state index >= 15 is 0 Å². The lowest BCUT2D eigenvalue weighted by molar-refractivity contribution is 0.0988. The van der Waals surface area contributed by atoms with E-state index in [9.17, 15) is 4.79 Å². The molecule has 1 aromatic carbocycles. The van der Waals surface area contributed by atoms with Gasteiger partial charge in [-0.2, -0.15) is 0 Å². The minimum Gasteiger partial charge on any atom is -0.372 e. The molecule has 2 nitrogen and oxygen atoms in total. The Balaban J connectivity index is 2.04. The van der Waals surface area contributed by atoms with Gasteiger partial charge in [0, 0.05) is 30.8 Å². The molecule has 2 rings (SSSR count). The van der Waals surface area contributed by atoms with Crippen molar-refractivity contribution in [3.8, 4) is 0 Å². The summed E-state index contributed by atoms with van der Waals surface area (Å²) in [5.41, 5.74) is 2.51. The van der Waals surface area contributed by atoms with Gasteiger partial charge in [-0.1, -0.05) is 27.7 Å². The quantitative estimate of drug-likeness (QED) is 0.734. The number of hydrogen-bond acceptors (Lipinski definition) is 2. The van der Waals surface area contributed by atoms with Gasteiger partial charge in [-0.15, -0.1) is 0 Å². The van der Waals surface area contributed by atoms with Crippen LogP contribution in [0.5, 0.6) is 0 Å². The lowest BCUT2D eigenvalue weighted by Crippen LogP contribution is -2.26. The SMILES string of the molecule is CCC(=O)c1ccc(N2CCCC(C(C)(C)C)CC2)cc1. The second kappa shape index (κ2) is 6.64. The topological polar surface area (TPSA) is 20.3 Å². The smallest absolute Gasteiger partial charge is 0.162 e. The molecule has 1 aliphatic rings. The molecule has 21 heavy (non-hydrogen) atoms. The third-order valence-electron chi connectivity index (χ3n) is 4.83. The Morgan fingerprint density at radius 3 is 2.38 bits per heavy atom. The normalized spacial score (nSPS) is 20.2. The van der Waals surface area contributed by atoms with Crippen LogP contribution in [-0.2, 0) is 0 Å². The number of hydrogen-bond donors (Lipinski definition) is 0. The Morgan fingerprint density at radius 2 is 1.81 bits per heavy atom. The van der Waals surface area contributed by atoms with Gasteiger partial charge in [0.1, 0.15) is 0 Å². The Kier molecular flexibility index (Phi) is 5.08. The first-order valence-electron chi connectivity index (χ1n) is 8.30. The molecule has 0 N–H and O–H groups in total. The minimum atomic E-state index is 0.227. The monoisotopic (exact) mass is 287 g/mol. The van der Waals surface area contributed by atoms with Gasteiger partial charge in [0.2, 0.25) is 0 Å². The molecule has 116 valence electrons. The van der Waals surface area contributed by atoms with Crippen LogP contribution in [0, 0.1) is 11.3 Å². The average Bonchev–Trinajstić information content (AvgIpc) is 2.72. The predicted molar refractivity (Wildman–Crippen MR) is 90.1 cm³/mol. The van der Waals surface area contributed by atoms with Gasteiger partial charge in [0.15, 0.2) is 5.78 Å². The van der Waals surface area contributed by atoms with E-state index in [2.05, 4.69) is 37.8 Å². The van der Waals surface area contributed by atoms with E-state index in [0.717, 1.165) is 24.6 Å². The molecule has 1 heterocycles. The van der Waals surface area contributed by atoms with Crippen molar-refractivity contribution in [1.82, 2.24) is 0 Å². The molecule has 0 amide bonds. The maximum Gasteiger partial charge on any atom is 0.162 e. The summed E-state index contributed by atoms with van der Waals surface area (Å²) in [4.78, 5) is 14.2. The van der Waals surface area contributed by atoms with Crippen LogP contribution in [0.15, 0.2) is 24.3 Å². The number of carbonyl (C=O) groups is 1. The minimum absolute atomic E-state index is 0.227. The molecule has 0 aliphatic carbocycles. The summed E-state index contributed by atoms with van der Waals surface area (Å²) in [7, 11) is 0. The van der Waals surface area contributed by atoms with E-state index < -0.39 is 0 Å². The van der Waals surface area contributed by atoms with Crippen LogP contribution in [0.25, 0.3) is 0 Å². The van der Waals surface area contributed by atoms with Crippen molar-refractivity contribution in [2.75, 3.05) is 18.0 Å². The summed E-state index contributed by atoms with van der Waals surface area (Å²) < 4.78 is 0. The highest BCUT2D eigenvalue weighted by atomic mass is 16.1. The van der Waals surface area contributed by atoms with Gasteiger partial charge in [0.25, 0.3) is 0 Å². The molecule has 1 atom stereocenters. The highest BCUT2D eigenvalue weighted by Gasteiger charge is 2.27. The van der Waals surface area contributed by atoms with Crippen molar-refractivity contribution in [3.05, 3.63) is 29.8 Å². The standard InChI is InChI=1S/C19H29NO/c1-5-18(21)15-8-10-17(11-9-15)20-13-6-7-16(12-14-20)19(2,3)4/h8-11,16H,5-7,12-14H2,1-4H3. The highest BCUT2D eigenvalue weighted by Crippen LogP contribution is 2.35. The molecule has 0 spiro atoms. The fourth-order valence-electron chi connectivity index (χ4n) is 3.28. The predicted octanol–water partition coefficient (Wildman–Crippen LogP) is 4.93. The number of rotatable bonds is 3. The van der Waals surface area contributed by atoms with E-state index in [4.69, 9.17) is 0 Å². The van der Waals surface area contributed by atoms with Crippen LogP contribution in [0.3, 0.4) is 0 Å². The molecule has 0 radical (unpaired) electrons. The van der Waals surface area contributed by atoms with E-state index in [1.54, 1.807) is 0 Å². The van der Waals surface area contributed by atoms with Crippen molar-refractivity contribution >= 4 is 11.5 Å². The van der Waals surface area contributed by atoms with Gasteiger partial charge in [-0.3, -0.25) is 4.79 Å². The zero-order valence-electron chi connectivity index (χ0n) is 14.0. The summed E-state index contributed by atoms with van der Waals surface area (Å²) in [6.07, 6.45) is 4.43. The Morgan fingerprint density at radius 1 is 1.14 bits per heavy atom. The number of benzene rings is 1. The number of Topliss-reactive ketones (excluding diaryl/α,β-unsaturated/α-hetero) is 1. The lowest BCUT2D eigenvalue weighted by Gasteiger charge is -2.30.